The van der Waals surface area contributed by atoms with E-state index in [0.29, 0.717) is 16.4 Å². The molecule has 0 aliphatic heterocycles. The van der Waals surface area contributed by atoms with Crippen LogP contribution in [0.3, 0.4) is 0 Å². The summed E-state index contributed by atoms with van der Waals surface area (Å²) in [5, 5.41) is 5.85. The lowest BCUT2D eigenvalue weighted by Gasteiger charge is -2.07. The monoisotopic (exact) mass is 427 g/mol. The van der Waals surface area contributed by atoms with Crippen molar-refractivity contribution in [1.82, 2.24) is 20.0 Å². The number of hydrogen-bond donors (Lipinski definition) is 1. The molecule has 0 spiro atoms. The molecule has 5 aromatic rings. The van der Waals surface area contributed by atoms with E-state index in [1.54, 1.807) is 12.1 Å². The molecule has 0 fully saturated rings. The fourth-order valence-electron chi connectivity index (χ4n) is 3.62. The van der Waals surface area contributed by atoms with Crippen molar-refractivity contribution in [1.29, 1.82) is 0 Å². The maximum absolute atomic E-state index is 12.7. The number of amides is 1. The molecule has 6 nitrogen and oxygen atoms in total. The van der Waals surface area contributed by atoms with Crippen LogP contribution in [0.2, 0.25) is 5.02 Å². The van der Waals surface area contributed by atoms with Crippen molar-refractivity contribution in [2.75, 3.05) is 0 Å². The second-order valence-corrected chi connectivity index (χ2v) is 7.66. The average molecular weight is 428 g/mol. The summed E-state index contributed by atoms with van der Waals surface area (Å²) in [5.74, 6) is -0.245. The van der Waals surface area contributed by atoms with E-state index in [4.69, 9.17) is 21.6 Å². The highest BCUT2D eigenvalue weighted by atomic mass is 35.5. The minimum atomic E-state index is -0.245. The Hall–Kier alpha value is -3.77. The first-order valence-corrected chi connectivity index (χ1v) is 10.2. The molecule has 152 valence electrons. The van der Waals surface area contributed by atoms with Crippen molar-refractivity contribution in [2.24, 2.45) is 5.10 Å². The number of hydrazone groups is 1. The molecule has 3 aromatic carbocycles. The number of aromatic nitrogens is 3. The fraction of sp³-hybridized carbons (Fsp3) is 0.0833. The molecular weight excluding hydrogens is 410 g/mol. The molecule has 0 atom stereocenters. The van der Waals surface area contributed by atoms with Gasteiger partial charge >= 0.3 is 0 Å². The summed E-state index contributed by atoms with van der Waals surface area (Å²) in [5.41, 5.74) is 8.20. The maximum atomic E-state index is 12.7. The normalized spacial score (nSPS) is 12.0. The lowest BCUT2D eigenvalue weighted by molar-refractivity contribution is -0.121. The molecule has 1 N–H and O–H groups in total. The van der Waals surface area contributed by atoms with Crippen molar-refractivity contribution < 1.29 is 4.79 Å². The van der Waals surface area contributed by atoms with Gasteiger partial charge in [0.05, 0.1) is 22.3 Å². The van der Waals surface area contributed by atoms with Crippen LogP contribution in [0.5, 0.6) is 0 Å². The summed E-state index contributed by atoms with van der Waals surface area (Å²) in [6.45, 7) is 1.91. The highest BCUT2D eigenvalue weighted by Gasteiger charge is 2.16. The highest BCUT2D eigenvalue weighted by Crippen LogP contribution is 2.28. The lowest BCUT2D eigenvalue weighted by Crippen LogP contribution is -2.24. The molecule has 31 heavy (non-hydrogen) atoms. The molecule has 0 bridgehead atoms. The number of rotatable bonds is 4. The molecule has 0 saturated heterocycles. The Kier molecular flexibility index (Phi) is 4.84. The Bertz CT molecular complexity index is 1470. The quantitative estimate of drug-likeness (QED) is 0.326. The molecule has 1 amide bonds. The molecule has 0 saturated carbocycles. The third-order valence-corrected chi connectivity index (χ3v) is 5.42. The number of nitrogens with one attached hydrogen (secondary N) is 1. The van der Waals surface area contributed by atoms with Gasteiger partial charge in [0.15, 0.2) is 5.65 Å². The van der Waals surface area contributed by atoms with Crippen LogP contribution in [0.1, 0.15) is 12.5 Å². The second kappa shape index (κ2) is 7.81. The number of para-hydroxylation sites is 3. The van der Waals surface area contributed by atoms with Crippen LogP contribution in [0.15, 0.2) is 77.9 Å². The Morgan fingerprint density at radius 1 is 0.968 bits per heavy atom. The topological polar surface area (TPSA) is 72.2 Å². The largest absolute Gasteiger partial charge is 0.314 e. The summed E-state index contributed by atoms with van der Waals surface area (Å²) in [6.07, 6.45) is 0. The van der Waals surface area contributed by atoms with Gasteiger partial charge in [-0.2, -0.15) is 5.10 Å². The summed E-state index contributed by atoms with van der Waals surface area (Å²) in [4.78, 5) is 22.3. The van der Waals surface area contributed by atoms with Gasteiger partial charge < -0.3 is 4.57 Å². The number of nitrogens with zero attached hydrogens (tertiary/aromatic N) is 4. The average Bonchev–Trinajstić information content (AvgIpc) is 3.09. The van der Waals surface area contributed by atoms with Crippen molar-refractivity contribution in [3.05, 3.63) is 83.4 Å². The molecule has 0 radical (unpaired) electrons. The first kappa shape index (κ1) is 19.2. The second-order valence-electron chi connectivity index (χ2n) is 7.23. The number of carbonyl (C=O) groups excluding carboxylic acids is 1. The van der Waals surface area contributed by atoms with E-state index in [1.165, 1.54) is 0 Å². The third-order valence-electron chi connectivity index (χ3n) is 5.17. The van der Waals surface area contributed by atoms with E-state index < -0.39 is 0 Å². The van der Waals surface area contributed by atoms with E-state index in [2.05, 4.69) is 10.5 Å². The summed E-state index contributed by atoms with van der Waals surface area (Å²) >= 11 is 5.93. The molecule has 2 aromatic heterocycles. The molecule has 5 rings (SSSR count). The first-order chi connectivity index (χ1) is 15.1. The highest BCUT2D eigenvalue weighted by molar-refractivity contribution is 6.30. The molecule has 0 aliphatic rings. The van der Waals surface area contributed by atoms with Gasteiger partial charge in [-0.15, -0.1) is 0 Å². The Balaban J connectivity index is 1.50. The van der Waals surface area contributed by atoms with Crippen molar-refractivity contribution in [2.45, 2.75) is 13.5 Å². The van der Waals surface area contributed by atoms with Crippen LogP contribution in [-0.2, 0) is 11.3 Å². The van der Waals surface area contributed by atoms with E-state index in [-0.39, 0.29) is 12.5 Å². The predicted octanol–water partition coefficient (Wildman–Crippen LogP) is 4.93. The number of hydrogen-bond acceptors (Lipinski definition) is 4. The molecule has 2 heterocycles. The Morgan fingerprint density at radius 3 is 2.42 bits per heavy atom. The van der Waals surface area contributed by atoms with Crippen molar-refractivity contribution in [3.63, 3.8) is 0 Å². The van der Waals surface area contributed by atoms with Gasteiger partial charge in [0.2, 0.25) is 0 Å². The van der Waals surface area contributed by atoms with Gasteiger partial charge in [-0.3, -0.25) is 4.79 Å². The van der Waals surface area contributed by atoms with Crippen LogP contribution in [0, 0.1) is 0 Å². The molecule has 0 unspecified atom stereocenters. The van der Waals surface area contributed by atoms with E-state index in [9.17, 15) is 4.79 Å². The van der Waals surface area contributed by atoms with Crippen LogP contribution in [0.25, 0.3) is 33.1 Å². The van der Waals surface area contributed by atoms with Gasteiger partial charge in [-0.1, -0.05) is 54.1 Å². The Labute approximate surface area is 183 Å². The van der Waals surface area contributed by atoms with Crippen LogP contribution < -0.4 is 5.43 Å². The first-order valence-electron chi connectivity index (χ1n) is 9.83. The lowest BCUT2D eigenvalue weighted by atomic mass is 10.1. The van der Waals surface area contributed by atoms with Crippen LogP contribution >= 0.6 is 11.6 Å². The van der Waals surface area contributed by atoms with E-state index in [0.717, 1.165) is 33.0 Å². The summed E-state index contributed by atoms with van der Waals surface area (Å²) in [7, 11) is 0. The molecule has 7 heteroatoms. The zero-order valence-corrected chi connectivity index (χ0v) is 17.5. The van der Waals surface area contributed by atoms with Crippen LogP contribution in [0.4, 0.5) is 0 Å². The number of benzene rings is 3. The maximum Gasteiger partial charge on any atom is 0.260 e. The van der Waals surface area contributed by atoms with Crippen molar-refractivity contribution in [3.8, 4) is 0 Å². The van der Waals surface area contributed by atoms with Gasteiger partial charge in [0, 0.05) is 10.4 Å². The minimum Gasteiger partial charge on any atom is -0.314 e. The van der Waals surface area contributed by atoms with Crippen LogP contribution in [-0.4, -0.2) is 26.2 Å². The zero-order valence-electron chi connectivity index (χ0n) is 16.7. The molecule has 0 aliphatic carbocycles. The SMILES string of the molecule is C/C(=N/NC(=O)Cn1c2ccccc2c2nc3ccccc3nc21)c1ccc(Cl)cc1. The Morgan fingerprint density at radius 2 is 1.65 bits per heavy atom. The van der Waals surface area contributed by atoms with E-state index >= 15 is 0 Å². The number of carbonyl (C=O) groups is 1. The predicted molar refractivity (Wildman–Crippen MR) is 124 cm³/mol. The zero-order chi connectivity index (χ0) is 21.4. The van der Waals surface area contributed by atoms with Gasteiger partial charge in [0.25, 0.3) is 5.91 Å². The third kappa shape index (κ3) is 3.62. The van der Waals surface area contributed by atoms with Crippen molar-refractivity contribution >= 4 is 56.3 Å². The summed E-state index contributed by atoms with van der Waals surface area (Å²) in [6, 6.07) is 22.9. The number of fused-ring (bicyclic) bond motifs is 4. The van der Waals surface area contributed by atoms with E-state index in [1.807, 2.05) is 72.2 Å². The standard InChI is InChI=1S/C24H18ClN5O/c1-15(16-10-12-17(25)13-11-16)28-29-22(31)14-30-21-9-5-2-6-18(21)23-24(30)27-20-8-4-3-7-19(20)26-23/h2-13H,14H2,1H3,(H,29,31)/b28-15-. The summed E-state index contributed by atoms with van der Waals surface area (Å²) < 4.78 is 1.88. The van der Waals surface area contributed by atoms with Gasteiger partial charge in [0.1, 0.15) is 12.1 Å². The number of halogens is 1. The smallest absolute Gasteiger partial charge is 0.260 e. The fourth-order valence-corrected chi connectivity index (χ4v) is 3.75. The van der Waals surface area contributed by atoms with Gasteiger partial charge in [-0.05, 0) is 42.8 Å². The minimum absolute atomic E-state index is 0.0778. The van der Waals surface area contributed by atoms with Gasteiger partial charge in [-0.25, -0.2) is 15.4 Å². The molecular formula is C24H18ClN5O.